The molecular weight excluding hydrogens is 289 g/mol. The molecule has 6 nitrogen and oxygen atoms in total. The van der Waals surface area contributed by atoms with Crippen molar-refractivity contribution in [2.75, 3.05) is 25.9 Å². The number of carbonyl (C=O) groups is 1. The Morgan fingerprint density at radius 2 is 2.23 bits per heavy atom. The molecule has 0 aliphatic carbocycles. The number of anilines is 1. The van der Waals surface area contributed by atoms with Crippen LogP contribution in [0.25, 0.3) is 11.3 Å². The monoisotopic (exact) mass is 305 g/mol. The van der Waals surface area contributed by atoms with Crippen LogP contribution in [0.4, 0.5) is 14.9 Å². The lowest BCUT2D eigenvalue weighted by atomic mass is 10.0. The van der Waals surface area contributed by atoms with Gasteiger partial charge in [-0.15, -0.1) is 0 Å². The average molecular weight is 305 g/mol. The van der Waals surface area contributed by atoms with Crippen molar-refractivity contribution in [2.24, 2.45) is 0 Å². The van der Waals surface area contributed by atoms with Crippen LogP contribution in [-0.2, 0) is 4.74 Å². The number of methoxy groups -OCH3 is 1. The first-order valence-electron chi connectivity index (χ1n) is 6.84. The Bertz CT molecular complexity index is 700. The first-order valence-corrected chi connectivity index (χ1v) is 6.84. The maximum atomic E-state index is 13.8. The Hall–Kier alpha value is -2.57. The quantitative estimate of drug-likeness (QED) is 0.862. The Balaban J connectivity index is 1.77. The number of carbonyl (C=O) groups excluding carboxylic acids is 1. The molecule has 116 valence electrons. The number of benzene rings is 1. The Morgan fingerprint density at radius 3 is 2.86 bits per heavy atom. The molecule has 1 aromatic heterocycles. The second-order valence-corrected chi connectivity index (χ2v) is 5.32. The molecular formula is C15H16FN3O3. The van der Waals surface area contributed by atoms with E-state index < -0.39 is 0 Å². The zero-order valence-corrected chi connectivity index (χ0v) is 12.3. The Morgan fingerprint density at radius 1 is 1.50 bits per heavy atom. The summed E-state index contributed by atoms with van der Waals surface area (Å²) in [5, 5.41) is 0. The lowest BCUT2D eigenvalue weighted by molar-refractivity contribution is 0.0821. The number of hydrogen-bond acceptors (Lipinski definition) is 5. The molecule has 2 aromatic rings. The number of oxazole rings is 1. The molecule has 1 aromatic carbocycles. The van der Waals surface area contributed by atoms with Gasteiger partial charge < -0.3 is 19.8 Å². The molecule has 0 atom stereocenters. The summed E-state index contributed by atoms with van der Waals surface area (Å²) < 4.78 is 23.8. The Kier molecular flexibility index (Phi) is 3.48. The second kappa shape index (κ2) is 5.32. The number of halogens is 1. The number of nitrogens with zero attached hydrogens (tertiary/aromatic N) is 2. The van der Waals surface area contributed by atoms with E-state index in [1.165, 1.54) is 19.4 Å². The van der Waals surface area contributed by atoms with Crippen LogP contribution in [0, 0.1) is 12.7 Å². The number of ether oxygens (including phenoxy) is 1. The van der Waals surface area contributed by atoms with E-state index in [0.29, 0.717) is 41.5 Å². The van der Waals surface area contributed by atoms with Crippen molar-refractivity contribution in [1.29, 1.82) is 0 Å². The highest BCUT2D eigenvalue weighted by Crippen LogP contribution is 2.31. The van der Waals surface area contributed by atoms with Crippen LogP contribution in [0.15, 0.2) is 22.8 Å². The highest BCUT2D eigenvalue weighted by molar-refractivity contribution is 5.69. The third kappa shape index (κ3) is 2.38. The molecule has 0 unspecified atom stereocenters. The van der Waals surface area contributed by atoms with Crippen molar-refractivity contribution < 1.29 is 18.3 Å². The molecule has 2 N–H and O–H groups in total. The summed E-state index contributed by atoms with van der Waals surface area (Å²) in [6.07, 6.45) is 1.11. The average Bonchev–Trinajstić information content (AvgIpc) is 2.91. The van der Waals surface area contributed by atoms with E-state index in [2.05, 4.69) is 9.72 Å². The summed E-state index contributed by atoms with van der Waals surface area (Å²) in [6, 6.07) is 3.05. The van der Waals surface area contributed by atoms with E-state index in [4.69, 9.17) is 10.2 Å². The minimum atomic E-state index is -0.375. The van der Waals surface area contributed by atoms with Crippen LogP contribution in [0.2, 0.25) is 0 Å². The predicted octanol–water partition coefficient (Wildman–Crippen LogP) is 2.54. The van der Waals surface area contributed by atoms with E-state index >= 15 is 0 Å². The van der Waals surface area contributed by atoms with E-state index in [1.807, 2.05) is 0 Å². The molecule has 2 heterocycles. The molecule has 1 aliphatic heterocycles. The SMILES string of the molecule is COC(=O)N1CC(c2nc(-c3cc(N)c(C)c(F)c3)co2)C1. The first-order chi connectivity index (χ1) is 10.5. The largest absolute Gasteiger partial charge is 0.453 e. The van der Waals surface area contributed by atoms with Crippen LogP contribution in [0.3, 0.4) is 0 Å². The van der Waals surface area contributed by atoms with Crippen LogP contribution in [0.5, 0.6) is 0 Å². The molecule has 1 fully saturated rings. The van der Waals surface area contributed by atoms with E-state index in [1.54, 1.807) is 17.9 Å². The predicted molar refractivity (Wildman–Crippen MR) is 77.8 cm³/mol. The van der Waals surface area contributed by atoms with Gasteiger partial charge in [0.05, 0.1) is 13.0 Å². The molecule has 7 heteroatoms. The van der Waals surface area contributed by atoms with Gasteiger partial charge in [-0.2, -0.15) is 0 Å². The molecule has 1 amide bonds. The normalized spacial score (nSPS) is 14.8. The summed E-state index contributed by atoms with van der Waals surface area (Å²) >= 11 is 0. The summed E-state index contributed by atoms with van der Waals surface area (Å²) in [7, 11) is 1.34. The fraction of sp³-hybridized carbons (Fsp3) is 0.333. The standard InChI is InChI=1S/C15H16FN3O3/c1-8-11(16)3-9(4-12(8)17)13-7-22-14(18-13)10-5-19(6-10)15(20)21-2/h3-4,7,10H,5-6,17H2,1-2H3. The highest BCUT2D eigenvalue weighted by atomic mass is 19.1. The maximum Gasteiger partial charge on any atom is 0.409 e. The summed E-state index contributed by atoms with van der Waals surface area (Å²) in [6.45, 7) is 2.62. The molecule has 1 aliphatic rings. The van der Waals surface area contributed by atoms with Crippen molar-refractivity contribution in [3.63, 3.8) is 0 Å². The fourth-order valence-electron chi connectivity index (χ4n) is 2.37. The van der Waals surface area contributed by atoms with Gasteiger partial charge in [-0.3, -0.25) is 0 Å². The first kappa shape index (κ1) is 14.4. The van der Waals surface area contributed by atoms with Crippen LogP contribution >= 0.6 is 0 Å². The van der Waals surface area contributed by atoms with Crippen molar-refractivity contribution >= 4 is 11.8 Å². The van der Waals surface area contributed by atoms with Gasteiger partial charge >= 0.3 is 6.09 Å². The number of nitrogen functional groups attached to an aromatic ring is 1. The van der Waals surface area contributed by atoms with Gasteiger partial charge in [0.1, 0.15) is 17.8 Å². The summed E-state index contributed by atoms with van der Waals surface area (Å²) in [5.74, 6) is 0.176. The zero-order chi connectivity index (χ0) is 15.9. The van der Waals surface area contributed by atoms with Crippen molar-refractivity contribution in [1.82, 2.24) is 9.88 Å². The minimum Gasteiger partial charge on any atom is -0.453 e. The lowest BCUT2D eigenvalue weighted by Gasteiger charge is -2.35. The molecule has 0 spiro atoms. The summed E-state index contributed by atoms with van der Waals surface area (Å²) in [5.41, 5.74) is 7.66. The van der Waals surface area contributed by atoms with Crippen molar-refractivity contribution in [3.8, 4) is 11.3 Å². The number of hydrogen-bond donors (Lipinski definition) is 1. The van der Waals surface area contributed by atoms with Crippen LogP contribution in [0.1, 0.15) is 17.4 Å². The molecule has 1 saturated heterocycles. The van der Waals surface area contributed by atoms with Gasteiger partial charge in [0.25, 0.3) is 0 Å². The van der Waals surface area contributed by atoms with Gasteiger partial charge in [0.15, 0.2) is 0 Å². The van der Waals surface area contributed by atoms with Gasteiger partial charge in [0, 0.05) is 29.9 Å². The lowest BCUT2D eigenvalue weighted by Crippen LogP contribution is -2.48. The number of rotatable bonds is 2. The van der Waals surface area contributed by atoms with Gasteiger partial charge in [-0.1, -0.05) is 0 Å². The third-order valence-corrected chi connectivity index (χ3v) is 3.87. The highest BCUT2D eigenvalue weighted by Gasteiger charge is 2.35. The number of nitrogens with two attached hydrogens (primary N) is 1. The second-order valence-electron chi connectivity index (χ2n) is 5.32. The van der Waals surface area contributed by atoms with Crippen LogP contribution < -0.4 is 5.73 Å². The number of likely N-dealkylation sites (tertiary alicyclic amines) is 1. The van der Waals surface area contributed by atoms with Gasteiger partial charge in [-0.05, 0) is 19.1 Å². The third-order valence-electron chi connectivity index (χ3n) is 3.87. The molecule has 0 saturated carbocycles. The van der Waals surface area contributed by atoms with Gasteiger partial charge in [0.2, 0.25) is 5.89 Å². The topological polar surface area (TPSA) is 81.6 Å². The molecule has 22 heavy (non-hydrogen) atoms. The molecule has 0 radical (unpaired) electrons. The van der Waals surface area contributed by atoms with E-state index in [9.17, 15) is 9.18 Å². The fourth-order valence-corrected chi connectivity index (χ4v) is 2.37. The van der Waals surface area contributed by atoms with E-state index in [-0.39, 0.29) is 17.8 Å². The zero-order valence-electron chi connectivity index (χ0n) is 12.3. The molecule has 0 bridgehead atoms. The minimum absolute atomic E-state index is 0.0282. The van der Waals surface area contributed by atoms with Gasteiger partial charge in [-0.25, -0.2) is 14.2 Å². The maximum absolute atomic E-state index is 13.8. The van der Waals surface area contributed by atoms with Crippen LogP contribution in [-0.4, -0.2) is 36.2 Å². The Labute approximate surface area is 126 Å². The van der Waals surface area contributed by atoms with E-state index in [0.717, 1.165) is 0 Å². The molecule has 3 rings (SSSR count). The number of aromatic nitrogens is 1. The smallest absolute Gasteiger partial charge is 0.409 e. The van der Waals surface area contributed by atoms with Crippen molar-refractivity contribution in [3.05, 3.63) is 35.7 Å². The number of amides is 1. The van der Waals surface area contributed by atoms with Crippen molar-refractivity contribution in [2.45, 2.75) is 12.8 Å². The summed E-state index contributed by atoms with van der Waals surface area (Å²) in [4.78, 5) is 17.2.